The van der Waals surface area contributed by atoms with Crippen LogP contribution in [0.25, 0.3) is 0 Å². The van der Waals surface area contributed by atoms with E-state index in [9.17, 15) is 9.90 Å². The predicted octanol–water partition coefficient (Wildman–Crippen LogP) is 1.51. The van der Waals surface area contributed by atoms with Crippen LogP contribution >= 0.6 is 0 Å². The van der Waals surface area contributed by atoms with Gasteiger partial charge in [-0.25, -0.2) is 0 Å². The van der Waals surface area contributed by atoms with Crippen molar-refractivity contribution in [1.82, 2.24) is 14.8 Å². The van der Waals surface area contributed by atoms with Gasteiger partial charge in [0, 0.05) is 20.1 Å². The van der Waals surface area contributed by atoms with Crippen molar-refractivity contribution < 1.29 is 14.6 Å². The molecule has 0 aliphatic heterocycles. The van der Waals surface area contributed by atoms with Crippen molar-refractivity contribution in [3.63, 3.8) is 0 Å². The lowest BCUT2D eigenvalue weighted by atomic mass is 9.79. The van der Waals surface area contributed by atoms with E-state index in [2.05, 4.69) is 10.2 Å². The zero-order chi connectivity index (χ0) is 15.3. The maximum Gasteiger partial charge on any atom is 0.314 e. The van der Waals surface area contributed by atoms with Crippen molar-refractivity contribution >= 4 is 5.97 Å². The summed E-state index contributed by atoms with van der Waals surface area (Å²) in [7, 11) is 1.62. The van der Waals surface area contributed by atoms with Gasteiger partial charge in [0.15, 0.2) is 0 Å². The van der Waals surface area contributed by atoms with Gasteiger partial charge in [-0.15, -0.1) is 10.2 Å². The molecule has 0 radical (unpaired) electrons. The van der Waals surface area contributed by atoms with E-state index in [1.54, 1.807) is 20.4 Å². The molecule has 0 bridgehead atoms. The molecule has 2 aromatic rings. The van der Waals surface area contributed by atoms with Gasteiger partial charge in [-0.05, 0) is 12.5 Å². The maximum absolute atomic E-state index is 11.8. The molecule has 1 aromatic carbocycles. The summed E-state index contributed by atoms with van der Waals surface area (Å²) in [6, 6.07) is 9.19. The molecule has 21 heavy (non-hydrogen) atoms. The minimum Gasteiger partial charge on any atom is -0.481 e. The molecule has 6 heteroatoms. The fourth-order valence-electron chi connectivity index (χ4n) is 2.22. The van der Waals surface area contributed by atoms with Gasteiger partial charge in [0.1, 0.15) is 12.2 Å². The Morgan fingerprint density at radius 3 is 2.71 bits per heavy atom. The highest BCUT2D eigenvalue weighted by Gasteiger charge is 2.36. The first-order valence-corrected chi connectivity index (χ1v) is 6.72. The summed E-state index contributed by atoms with van der Waals surface area (Å²) in [6.07, 6.45) is 1.87. The van der Waals surface area contributed by atoms with Crippen molar-refractivity contribution in [1.29, 1.82) is 0 Å². The van der Waals surface area contributed by atoms with Crippen LogP contribution in [0.4, 0.5) is 0 Å². The number of aliphatic carboxylic acids is 1. The highest BCUT2D eigenvalue weighted by Crippen LogP contribution is 2.28. The molecule has 0 spiro atoms. The van der Waals surface area contributed by atoms with Gasteiger partial charge in [0.2, 0.25) is 0 Å². The lowest BCUT2D eigenvalue weighted by Gasteiger charge is -2.25. The van der Waals surface area contributed by atoms with Crippen molar-refractivity contribution in [2.45, 2.75) is 25.3 Å². The van der Waals surface area contributed by atoms with E-state index in [4.69, 9.17) is 4.74 Å². The fraction of sp³-hybridized carbons (Fsp3) is 0.400. The molecular weight excluding hydrogens is 270 g/mol. The fourth-order valence-corrected chi connectivity index (χ4v) is 2.22. The van der Waals surface area contributed by atoms with Crippen LogP contribution in [-0.2, 0) is 27.9 Å². The molecule has 1 aromatic heterocycles. The molecule has 1 atom stereocenters. The number of carboxylic acids is 1. The van der Waals surface area contributed by atoms with Gasteiger partial charge in [-0.1, -0.05) is 30.3 Å². The molecule has 0 aliphatic carbocycles. The summed E-state index contributed by atoms with van der Waals surface area (Å²) in [5.41, 5.74) is -0.294. The van der Waals surface area contributed by atoms with Crippen LogP contribution in [0.1, 0.15) is 18.3 Å². The third kappa shape index (κ3) is 3.28. The minimum atomic E-state index is -1.04. The van der Waals surface area contributed by atoms with Crippen molar-refractivity contribution in [3.05, 3.63) is 48.0 Å². The molecule has 1 unspecified atom stereocenters. The normalized spacial score (nSPS) is 13.8. The lowest BCUT2D eigenvalue weighted by Crippen LogP contribution is -2.36. The van der Waals surface area contributed by atoms with Crippen molar-refractivity contribution in [2.75, 3.05) is 13.7 Å². The molecule has 0 saturated carbocycles. The second-order valence-corrected chi connectivity index (χ2v) is 5.11. The largest absolute Gasteiger partial charge is 0.481 e. The van der Waals surface area contributed by atoms with E-state index in [0.29, 0.717) is 19.0 Å². The smallest absolute Gasteiger partial charge is 0.314 e. The van der Waals surface area contributed by atoms with E-state index in [1.807, 2.05) is 34.9 Å². The second-order valence-electron chi connectivity index (χ2n) is 5.11. The van der Waals surface area contributed by atoms with Crippen LogP contribution in [0.15, 0.2) is 36.7 Å². The van der Waals surface area contributed by atoms with E-state index in [0.717, 1.165) is 5.56 Å². The van der Waals surface area contributed by atoms with Crippen LogP contribution in [0, 0.1) is 0 Å². The topological polar surface area (TPSA) is 77.2 Å². The number of carboxylic acid groups (broad SMARTS) is 1. The lowest BCUT2D eigenvalue weighted by molar-refractivity contribution is -0.143. The summed E-state index contributed by atoms with van der Waals surface area (Å²) in [6.45, 7) is 2.84. The third-order valence-corrected chi connectivity index (χ3v) is 3.63. The molecule has 112 valence electrons. The highest BCUT2D eigenvalue weighted by molar-refractivity contribution is 5.81. The standard InChI is InChI=1S/C15H19N3O3/c1-15(14(19)20,12-6-4-3-5-7-12)10-13-17-16-11-18(13)8-9-21-2/h3-7,11H,8-10H2,1-2H3,(H,19,20). The van der Waals surface area contributed by atoms with Crippen LogP contribution in [0.2, 0.25) is 0 Å². The van der Waals surface area contributed by atoms with Gasteiger partial charge in [-0.2, -0.15) is 0 Å². The first-order chi connectivity index (χ1) is 10.1. The Bertz CT molecular complexity index is 597. The summed E-state index contributed by atoms with van der Waals surface area (Å²) in [5.74, 6) is -0.240. The minimum absolute atomic E-state index is 0.274. The van der Waals surface area contributed by atoms with Gasteiger partial charge in [0.25, 0.3) is 0 Å². The molecule has 0 saturated heterocycles. The van der Waals surface area contributed by atoms with Gasteiger partial charge >= 0.3 is 5.97 Å². The van der Waals surface area contributed by atoms with E-state index >= 15 is 0 Å². The average Bonchev–Trinajstić information content (AvgIpc) is 2.92. The number of methoxy groups -OCH3 is 1. The van der Waals surface area contributed by atoms with E-state index in [1.165, 1.54) is 0 Å². The van der Waals surface area contributed by atoms with Crippen LogP contribution in [0.3, 0.4) is 0 Å². The SMILES string of the molecule is COCCn1cnnc1CC(C)(C(=O)O)c1ccccc1. The van der Waals surface area contributed by atoms with Crippen LogP contribution in [0.5, 0.6) is 0 Å². The number of ether oxygens (including phenoxy) is 1. The summed E-state index contributed by atoms with van der Waals surface area (Å²) in [4.78, 5) is 11.8. The zero-order valence-corrected chi connectivity index (χ0v) is 12.2. The summed E-state index contributed by atoms with van der Waals surface area (Å²) < 4.78 is 6.87. The monoisotopic (exact) mass is 289 g/mol. The third-order valence-electron chi connectivity index (χ3n) is 3.63. The first-order valence-electron chi connectivity index (χ1n) is 6.72. The number of rotatable bonds is 7. The molecule has 1 heterocycles. The second kappa shape index (κ2) is 6.49. The molecule has 1 N–H and O–H groups in total. The molecule has 2 rings (SSSR count). The Kier molecular flexibility index (Phi) is 4.70. The Morgan fingerprint density at radius 2 is 2.10 bits per heavy atom. The number of nitrogens with zero attached hydrogens (tertiary/aromatic N) is 3. The number of hydrogen-bond acceptors (Lipinski definition) is 4. The Labute approximate surface area is 123 Å². The summed E-state index contributed by atoms with van der Waals surface area (Å²) >= 11 is 0. The van der Waals surface area contributed by atoms with Gasteiger partial charge in [-0.3, -0.25) is 4.79 Å². The molecule has 0 amide bonds. The Balaban J connectivity index is 2.29. The molecule has 6 nitrogen and oxygen atoms in total. The number of benzene rings is 1. The predicted molar refractivity (Wildman–Crippen MR) is 77.0 cm³/mol. The average molecular weight is 289 g/mol. The quantitative estimate of drug-likeness (QED) is 0.836. The molecule has 0 fully saturated rings. The number of hydrogen-bond donors (Lipinski definition) is 1. The molecule has 0 aliphatic rings. The number of aromatic nitrogens is 3. The first kappa shape index (κ1) is 15.2. The highest BCUT2D eigenvalue weighted by atomic mass is 16.5. The van der Waals surface area contributed by atoms with Gasteiger partial charge in [0.05, 0.1) is 12.0 Å². The van der Waals surface area contributed by atoms with E-state index < -0.39 is 11.4 Å². The Hall–Kier alpha value is -2.21. The number of carbonyl (C=O) groups is 1. The van der Waals surface area contributed by atoms with Crippen molar-refractivity contribution in [2.24, 2.45) is 0 Å². The van der Waals surface area contributed by atoms with Crippen LogP contribution in [-0.4, -0.2) is 39.6 Å². The van der Waals surface area contributed by atoms with E-state index in [-0.39, 0.29) is 6.42 Å². The maximum atomic E-state index is 11.8. The van der Waals surface area contributed by atoms with Gasteiger partial charge < -0.3 is 14.4 Å². The molecular formula is C15H19N3O3. The van der Waals surface area contributed by atoms with Crippen molar-refractivity contribution in [3.8, 4) is 0 Å². The van der Waals surface area contributed by atoms with Crippen LogP contribution < -0.4 is 0 Å². The Morgan fingerprint density at radius 1 is 1.38 bits per heavy atom. The zero-order valence-electron chi connectivity index (χ0n) is 12.2. The summed E-state index contributed by atoms with van der Waals surface area (Å²) in [5, 5.41) is 17.6.